The Morgan fingerprint density at radius 2 is 2.23 bits per heavy atom. The van der Waals surface area contributed by atoms with E-state index in [1.165, 1.54) is 12.8 Å². The average molecular weight is 202 g/mol. The molecule has 13 heavy (non-hydrogen) atoms. The molecule has 1 fully saturated rings. The Kier molecular flexibility index (Phi) is 2.15. The smallest absolute Gasteiger partial charge is 0.318 e. The first-order chi connectivity index (χ1) is 6.18. The quantitative estimate of drug-likeness (QED) is 0.702. The van der Waals surface area contributed by atoms with E-state index in [0.29, 0.717) is 17.9 Å². The van der Waals surface area contributed by atoms with E-state index in [-0.39, 0.29) is 5.38 Å². The Hall–Kier alpha value is -0.770. The van der Waals surface area contributed by atoms with Crippen molar-refractivity contribution in [2.75, 3.05) is 11.9 Å². The van der Waals surface area contributed by atoms with E-state index in [1.54, 1.807) is 0 Å². The summed E-state index contributed by atoms with van der Waals surface area (Å²) in [6, 6.07) is 1.16. The Bertz CT molecular complexity index is 295. The minimum atomic E-state index is -0.214. The van der Waals surface area contributed by atoms with Crippen LogP contribution in [0.3, 0.4) is 0 Å². The summed E-state index contributed by atoms with van der Waals surface area (Å²) in [6.45, 7) is 1.82. The third kappa shape index (κ3) is 1.77. The summed E-state index contributed by atoms with van der Waals surface area (Å²) in [4.78, 5) is 2.01. The summed E-state index contributed by atoms with van der Waals surface area (Å²) in [5.74, 6) is 0.490. The zero-order chi connectivity index (χ0) is 9.42. The normalized spacial score (nSPS) is 18.7. The number of anilines is 1. The molecule has 1 aromatic heterocycles. The maximum atomic E-state index is 5.80. The zero-order valence-electron chi connectivity index (χ0n) is 7.70. The molecular formula is C8H12ClN3O. The Morgan fingerprint density at radius 1 is 1.54 bits per heavy atom. The van der Waals surface area contributed by atoms with E-state index in [4.69, 9.17) is 16.0 Å². The highest BCUT2D eigenvalue weighted by Gasteiger charge is 2.29. The van der Waals surface area contributed by atoms with Crippen LogP contribution in [0, 0.1) is 0 Å². The molecule has 0 aromatic carbocycles. The first-order valence-electron chi connectivity index (χ1n) is 4.39. The van der Waals surface area contributed by atoms with Crippen molar-refractivity contribution in [2.24, 2.45) is 0 Å². The van der Waals surface area contributed by atoms with Crippen LogP contribution in [-0.4, -0.2) is 23.3 Å². The van der Waals surface area contributed by atoms with Crippen molar-refractivity contribution in [1.29, 1.82) is 0 Å². The molecule has 0 amide bonds. The van der Waals surface area contributed by atoms with E-state index >= 15 is 0 Å². The molecule has 0 spiro atoms. The van der Waals surface area contributed by atoms with Gasteiger partial charge in [-0.15, -0.1) is 16.7 Å². The lowest BCUT2D eigenvalue weighted by atomic mass is 10.5. The van der Waals surface area contributed by atoms with Gasteiger partial charge in [0.25, 0.3) is 0 Å². The van der Waals surface area contributed by atoms with Gasteiger partial charge in [0.05, 0.1) is 0 Å². The van der Waals surface area contributed by atoms with Crippen LogP contribution in [-0.2, 0) is 0 Å². The van der Waals surface area contributed by atoms with Crippen LogP contribution >= 0.6 is 11.6 Å². The molecule has 1 heterocycles. The molecule has 1 atom stereocenters. The monoisotopic (exact) mass is 201 g/mol. The average Bonchev–Trinajstić information content (AvgIpc) is 2.81. The minimum Gasteiger partial charge on any atom is -0.406 e. The number of halogens is 1. The van der Waals surface area contributed by atoms with E-state index in [2.05, 4.69) is 10.2 Å². The molecule has 4 nitrogen and oxygen atoms in total. The predicted octanol–water partition coefficient (Wildman–Crippen LogP) is 1.97. The lowest BCUT2D eigenvalue weighted by Gasteiger charge is -2.11. The molecule has 2 rings (SSSR count). The summed E-state index contributed by atoms with van der Waals surface area (Å²) in [7, 11) is 1.97. The number of nitrogens with zero attached hydrogens (tertiary/aromatic N) is 3. The van der Waals surface area contributed by atoms with Gasteiger partial charge in [0.15, 0.2) is 0 Å². The van der Waals surface area contributed by atoms with Gasteiger partial charge in [0.2, 0.25) is 5.89 Å². The summed E-state index contributed by atoms with van der Waals surface area (Å²) in [5, 5.41) is 7.57. The second-order valence-electron chi connectivity index (χ2n) is 3.38. The van der Waals surface area contributed by atoms with Crippen LogP contribution in [0.1, 0.15) is 31.0 Å². The Labute approximate surface area is 81.9 Å². The first kappa shape index (κ1) is 8.81. The van der Waals surface area contributed by atoms with Gasteiger partial charge in [0, 0.05) is 13.1 Å². The Morgan fingerprint density at radius 3 is 2.69 bits per heavy atom. The van der Waals surface area contributed by atoms with Gasteiger partial charge in [-0.25, -0.2) is 0 Å². The van der Waals surface area contributed by atoms with Gasteiger partial charge >= 0.3 is 6.01 Å². The number of rotatable bonds is 3. The van der Waals surface area contributed by atoms with Crippen molar-refractivity contribution in [3.05, 3.63) is 5.89 Å². The zero-order valence-corrected chi connectivity index (χ0v) is 8.45. The number of hydrogen-bond donors (Lipinski definition) is 0. The third-order valence-electron chi connectivity index (χ3n) is 2.17. The lowest BCUT2D eigenvalue weighted by molar-refractivity contribution is 0.489. The van der Waals surface area contributed by atoms with Crippen LogP contribution in [0.4, 0.5) is 6.01 Å². The molecule has 1 aliphatic rings. The molecule has 0 bridgehead atoms. The number of hydrogen-bond acceptors (Lipinski definition) is 4. The molecule has 1 aliphatic carbocycles. The molecule has 0 aliphatic heterocycles. The van der Waals surface area contributed by atoms with Crippen molar-refractivity contribution < 1.29 is 4.42 Å². The molecule has 0 N–H and O–H groups in total. The van der Waals surface area contributed by atoms with Crippen LogP contribution in [0.15, 0.2) is 4.42 Å². The summed E-state index contributed by atoms with van der Waals surface area (Å²) < 4.78 is 5.38. The highest BCUT2D eigenvalue weighted by molar-refractivity contribution is 6.20. The van der Waals surface area contributed by atoms with E-state index in [9.17, 15) is 0 Å². The minimum absolute atomic E-state index is 0.214. The van der Waals surface area contributed by atoms with E-state index in [1.807, 2.05) is 18.9 Å². The van der Waals surface area contributed by atoms with Crippen molar-refractivity contribution in [2.45, 2.75) is 31.2 Å². The van der Waals surface area contributed by atoms with Gasteiger partial charge in [-0.05, 0) is 19.8 Å². The number of aromatic nitrogens is 2. The fourth-order valence-corrected chi connectivity index (χ4v) is 1.24. The fraction of sp³-hybridized carbons (Fsp3) is 0.750. The summed E-state index contributed by atoms with van der Waals surface area (Å²) in [5.41, 5.74) is 0. The molecule has 1 aromatic rings. The van der Waals surface area contributed by atoms with Crippen LogP contribution in [0.2, 0.25) is 0 Å². The van der Waals surface area contributed by atoms with Crippen LogP contribution in [0.25, 0.3) is 0 Å². The fourth-order valence-electron chi connectivity index (χ4n) is 1.15. The van der Waals surface area contributed by atoms with Crippen molar-refractivity contribution >= 4 is 17.6 Å². The summed E-state index contributed by atoms with van der Waals surface area (Å²) in [6.07, 6.45) is 2.43. The van der Waals surface area contributed by atoms with Crippen molar-refractivity contribution in [3.63, 3.8) is 0 Å². The highest BCUT2D eigenvalue weighted by Crippen LogP contribution is 2.30. The number of alkyl halides is 1. The first-order valence-corrected chi connectivity index (χ1v) is 4.82. The maximum Gasteiger partial charge on any atom is 0.318 e. The van der Waals surface area contributed by atoms with E-state index in [0.717, 1.165) is 0 Å². The second kappa shape index (κ2) is 3.18. The molecule has 1 unspecified atom stereocenters. The van der Waals surface area contributed by atoms with Gasteiger partial charge in [-0.2, -0.15) is 0 Å². The molecular weight excluding hydrogens is 190 g/mol. The van der Waals surface area contributed by atoms with Gasteiger partial charge in [-0.1, -0.05) is 5.10 Å². The highest BCUT2D eigenvalue weighted by atomic mass is 35.5. The molecule has 0 radical (unpaired) electrons. The Balaban J connectivity index is 2.11. The van der Waals surface area contributed by atoms with Crippen molar-refractivity contribution in [3.8, 4) is 0 Å². The summed E-state index contributed by atoms with van der Waals surface area (Å²) >= 11 is 5.80. The van der Waals surface area contributed by atoms with E-state index < -0.39 is 0 Å². The second-order valence-corrected chi connectivity index (χ2v) is 4.04. The van der Waals surface area contributed by atoms with Gasteiger partial charge in [0.1, 0.15) is 5.38 Å². The van der Waals surface area contributed by atoms with Crippen molar-refractivity contribution in [1.82, 2.24) is 10.2 Å². The molecule has 0 saturated heterocycles. The SMILES string of the molecule is CC(Cl)c1nnc(N(C)C2CC2)o1. The predicted molar refractivity (Wildman–Crippen MR) is 50.0 cm³/mol. The maximum absolute atomic E-state index is 5.80. The van der Waals surface area contributed by atoms with Gasteiger partial charge in [-0.3, -0.25) is 0 Å². The van der Waals surface area contributed by atoms with Gasteiger partial charge < -0.3 is 9.32 Å². The lowest BCUT2D eigenvalue weighted by Crippen LogP contribution is -2.19. The van der Waals surface area contributed by atoms with Crippen LogP contribution < -0.4 is 4.90 Å². The topological polar surface area (TPSA) is 42.2 Å². The standard InChI is InChI=1S/C8H12ClN3O/c1-5(9)7-10-11-8(13-7)12(2)6-3-4-6/h5-6H,3-4H2,1-2H3. The largest absolute Gasteiger partial charge is 0.406 e. The molecule has 72 valence electrons. The molecule has 1 saturated carbocycles. The van der Waals surface area contributed by atoms with Crippen LogP contribution in [0.5, 0.6) is 0 Å². The third-order valence-corrected chi connectivity index (χ3v) is 2.35. The molecule has 5 heteroatoms.